The summed E-state index contributed by atoms with van der Waals surface area (Å²) in [5.41, 5.74) is 5.22. The van der Waals surface area contributed by atoms with Crippen molar-refractivity contribution in [3.63, 3.8) is 0 Å². The van der Waals surface area contributed by atoms with Gasteiger partial charge in [-0.15, -0.1) is 6.58 Å². The van der Waals surface area contributed by atoms with E-state index in [-0.39, 0.29) is 12.5 Å². The molecule has 5 nitrogen and oxygen atoms in total. The third-order valence-corrected chi connectivity index (χ3v) is 7.04. The number of carbonyl (C=O) groups is 1. The number of nitriles is 1. The van der Waals surface area contributed by atoms with Crippen LogP contribution in [-0.2, 0) is 24.2 Å². The van der Waals surface area contributed by atoms with Crippen molar-refractivity contribution in [2.45, 2.75) is 26.4 Å². The van der Waals surface area contributed by atoms with Gasteiger partial charge in [0.1, 0.15) is 12.4 Å². The number of nitrogens with zero attached hydrogens (tertiary/aromatic N) is 2. The van der Waals surface area contributed by atoms with Crippen molar-refractivity contribution in [3.8, 4) is 11.8 Å². The lowest BCUT2D eigenvalue weighted by molar-refractivity contribution is -0.115. The molecule has 1 aliphatic rings. The molecule has 3 aromatic carbocycles. The van der Waals surface area contributed by atoms with E-state index in [1.807, 2.05) is 60.7 Å². The molecule has 0 bridgehead atoms. The topological polar surface area (TPSA) is 74.5 Å². The van der Waals surface area contributed by atoms with Crippen LogP contribution in [0.4, 0.5) is 5.69 Å². The highest BCUT2D eigenvalue weighted by atomic mass is 79.9. The summed E-state index contributed by atoms with van der Waals surface area (Å²) in [6.45, 7) is 6.24. The Kier molecular flexibility index (Phi) is 8.42. The average Bonchev–Trinajstić information content (AvgIpc) is 3.22. The molecule has 0 saturated carbocycles. The minimum atomic E-state index is -0.182. The third-order valence-electron chi connectivity index (χ3n) is 5.54. The van der Waals surface area contributed by atoms with E-state index in [0.29, 0.717) is 27.8 Å². The Balaban J connectivity index is 1.56. The number of allylic oxidation sites excluding steroid dienone is 1. The summed E-state index contributed by atoms with van der Waals surface area (Å²) in [5.74, 6) is 0.504. The van der Waals surface area contributed by atoms with Crippen LogP contribution in [0.1, 0.15) is 34.7 Å². The molecule has 1 heterocycles. The highest BCUT2D eigenvalue weighted by Crippen LogP contribution is 2.35. The van der Waals surface area contributed by atoms with Gasteiger partial charge >= 0.3 is 0 Å². The molecule has 0 aliphatic carbocycles. The van der Waals surface area contributed by atoms with Gasteiger partial charge in [0.15, 0.2) is 5.17 Å². The van der Waals surface area contributed by atoms with Crippen LogP contribution in [0.25, 0.3) is 6.08 Å². The van der Waals surface area contributed by atoms with Crippen molar-refractivity contribution in [1.29, 1.82) is 5.26 Å². The van der Waals surface area contributed by atoms with Gasteiger partial charge in [-0.05, 0) is 93.6 Å². The van der Waals surface area contributed by atoms with Crippen molar-refractivity contribution in [1.82, 2.24) is 5.32 Å². The number of aliphatic imine (C=N–C) groups is 1. The predicted molar refractivity (Wildman–Crippen MR) is 150 cm³/mol. The summed E-state index contributed by atoms with van der Waals surface area (Å²) in [6.07, 6.45) is 5.20. The third kappa shape index (κ3) is 6.14. The molecular weight excluding hydrogens is 534 g/mol. The van der Waals surface area contributed by atoms with E-state index in [4.69, 9.17) is 4.74 Å². The SMILES string of the molecule is C=CCc1cc(/C=C2\SC(=Nc3ccc(CC)cc3)NC2=O)cc(Br)c1OCc1ccccc1C#N. The fourth-order valence-corrected chi connectivity index (χ4v) is 5.16. The molecule has 3 aromatic rings. The number of aryl methyl sites for hydroxylation is 1. The molecule has 180 valence electrons. The van der Waals surface area contributed by atoms with Gasteiger partial charge in [0, 0.05) is 5.56 Å². The standard InChI is InChI=1S/C29H24BrN3O2S/c1-3-7-21-14-20(15-25(30)27(21)35-18-23-9-6-5-8-22(23)17-31)16-26-28(34)33-29(36-26)32-24-12-10-19(4-2)11-13-24/h3,5-6,8-16H,1,4,7,18H2,2H3,(H,32,33,34)/b26-16-. The number of thioether (sulfide) groups is 1. The number of benzene rings is 3. The summed E-state index contributed by atoms with van der Waals surface area (Å²) in [6, 6.07) is 21.5. The number of hydrogen-bond donors (Lipinski definition) is 1. The fourth-order valence-electron chi connectivity index (χ4n) is 3.69. The first-order valence-electron chi connectivity index (χ1n) is 11.4. The second-order valence-electron chi connectivity index (χ2n) is 8.04. The molecule has 1 fully saturated rings. The van der Waals surface area contributed by atoms with Crippen molar-refractivity contribution in [2.75, 3.05) is 0 Å². The van der Waals surface area contributed by atoms with Crippen molar-refractivity contribution in [2.24, 2.45) is 4.99 Å². The Morgan fingerprint density at radius 1 is 1.17 bits per heavy atom. The predicted octanol–water partition coefficient (Wildman–Crippen LogP) is 7.08. The first-order valence-corrected chi connectivity index (χ1v) is 13.0. The number of amides is 1. The lowest BCUT2D eigenvalue weighted by Crippen LogP contribution is -2.19. The van der Waals surface area contributed by atoms with Gasteiger partial charge in [-0.3, -0.25) is 4.79 Å². The smallest absolute Gasteiger partial charge is 0.264 e. The Bertz CT molecular complexity index is 1410. The number of carbonyl (C=O) groups excluding carboxylic acids is 1. The van der Waals surface area contributed by atoms with Gasteiger partial charge in [-0.1, -0.05) is 43.3 Å². The zero-order chi connectivity index (χ0) is 25.5. The number of nitrogens with one attached hydrogen (secondary N) is 1. The number of amidine groups is 1. The molecule has 0 atom stereocenters. The number of halogens is 1. The van der Waals surface area contributed by atoms with Crippen LogP contribution >= 0.6 is 27.7 Å². The lowest BCUT2D eigenvalue weighted by Gasteiger charge is -2.14. The summed E-state index contributed by atoms with van der Waals surface area (Å²) in [5, 5.41) is 12.7. The molecule has 1 aliphatic heterocycles. The van der Waals surface area contributed by atoms with Crippen LogP contribution in [0.3, 0.4) is 0 Å². The van der Waals surface area contributed by atoms with Crippen LogP contribution in [0.2, 0.25) is 0 Å². The van der Waals surface area contributed by atoms with Crippen LogP contribution in [-0.4, -0.2) is 11.1 Å². The minimum Gasteiger partial charge on any atom is -0.487 e. The van der Waals surface area contributed by atoms with E-state index in [0.717, 1.165) is 33.3 Å². The maximum absolute atomic E-state index is 12.6. The highest BCUT2D eigenvalue weighted by molar-refractivity contribution is 9.10. The Labute approximate surface area is 223 Å². The zero-order valence-electron chi connectivity index (χ0n) is 19.8. The van der Waals surface area contributed by atoms with Crippen LogP contribution < -0.4 is 10.1 Å². The number of rotatable bonds is 8. The van der Waals surface area contributed by atoms with Gasteiger partial charge < -0.3 is 10.1 Å². The molecule has 1 amide bonds. The maximum atomic E-state index is 12.6. The molecule has 7 heteroatoms. The van der Waals surface area contributed by atoms with E-state index in [2.05, 4.69) is 45.8 Å². The molecule has 0 aromatic heterocycles. The van der Waals surface area contributed by atoms with Gasteiger partial charge in [-0.2, -0.15) is 5.26 Å². The van der Waals surface area contributed by atoms with Crippen molar-refractivity contribution >= 4 is 50.5 Å². The number of hydrogen-bond acceptors (Lipinski definition) is 5. The number of ether oxygens (including phenoxy) is 1. The molecular formula is C29H24BrN3O2S. The van der Waals surface area contributed by atoms with Crippen molar-refractivity contribution < 1.29 is 9.53 Å². The second kappa shape index (κ2) is 11.9. The van der Waals surface area contributed by atoms with Gasteiger partial charge in [0.25, 0.3) is 5.91 Å². The lowest BCUT2D eigenvalue weighted by atomic mass is 10.1. The van der Waals surface area contributed by atoms with Crippen LogP contribution in [0.15, 0.2) is 87.7 Å². The molecule has 4 rings (SSSR count). The van der Waals surface area contributed by atoms with E-state index < -0.39 is 0 Å². The summed E-state index contributed by atoms with van der Waals surface area (Å²) in [7, 11) is 0. The summed E-state index contributed by atoms with van der Waals surface area (Å²) in [4.78, 5) is 17.7. The molecule has 0 radical (unpaired) electrons. The van der Waals surface area contributed by atoms with Gasteiger partial charge in [0.05, 0.1) is 26.7 Å². The first-order chi connectivity index (χ1) is 17.5. The van der Waals surface area contributed by atoms with E-state index in [1.54, 1.807) is 12.1 Å². The minimum absolute atomic E-state index is 0.182. The fraction of sp³-hybridized carbons (Fsp3) is 0.138. The van der Waals surface area contributed by atoms with Gasteiger partial charge in [-0.25, -0.2) is 4.99 Å². The monoisotopic (exact) mass is 557 g/mol. The first kappa shape index (κ1) is 25.5. The molecule has 1 saturated heterocycles. The zero-order valence-corrected chi connectivity index (χ0v) is 22.2. The largest absolute Gasteiger partial charge is 0.487 e. The summed E-state index contributed by atoms with van der Waals surface area (Å²) >= 11 is 4.94. The Hall–Kier alpha value is -3.60. The Morgan fingerprint density at radius 2 is 1.94 bits per heavy atom. The van der Waals surface area contributed by atoms with E-state index >= 15 is 0 Å². The van der Waals surface area contributed by atoms with Crippen LogP contribution in [0.5, 0.6) is 5.75 Å². The van der Waals surface area contributed by atoms with E-state index in [1.165, 1.54) is 17.3 Å². The average molecular weight is 559 g/mol. The molecule has 0 unspecified atom stereocenters. The quantitative estimate of drug-likeness (QED) is 0.237. The summed E-state index contributed by atoms with van der Waals surface area (Å²) < 4.78 is 6.89. The van der Waals surface area contributed by atoms with E-state index in [9.17, 15) is 10.1 Å². The Morgan fingerprint density at radius 3 is 2.67 bits per heavy atom. The normalized spacial score (nSPS) is 15.1. The molecule has 0 spiro atoms. The molecule has 1 N–H and O–H groups in total. The maximum Gasteiger partial charge on any atom is 0.264 e. The highest BCUT2D eigenvalue weighted by Gasteiger charge is 2.24. The molecule has 36 heavy (non-hydrogen) atoms. The van der Waals surface area contributed by atoms with Gasteiger partial charge in [0.2, 0.25) is 0 Å². The van der Waals surface area contributed by atoms with Crippen molar-refractivity contribution in [3.05, 3.63) is 111 Å². The second-order valence-corrected chi connectivity index (χ2v) is 9.93. The van der Waals surface area contributed by atoms with Crippen LogP contribution in [0, 0.1) is 11.3 Å².